The number of halogens is 2. The molecule has 0 radical (unpaired) electrons. The van der Waals surface area contributed by atoms with Crippen LogP contribution >= 0.6 is 23.2 Å². The summed E-state index contributed by atoms with van der Waals surface area (Å²) in [6.45, 7) is 4.00. The number of hydrogen-bond acceptors (Lipinski definition) is 5. The van der Waals surface area contributed by atoms with Gasteiger partial charge in [-0.15, -0.1) is 0 Å². The number of carbonyl (C=O) groups is 2. The van der Waals surface area contributed by atoms with E-state index in [1.807, 2.05) is 0 Å². The molecule has 1 saturated heterocycles. The van der Waals surface area contributed by atoms with Crippen molar-refractivity contribution in [3.63, 3.8) is 0 Å². The average molecular weight is 499 g/mol. The van der Waals surface area contributed by atoms with Crippen molar-refractivity contribution in [3.05, 3.63) is 57.6 Å². The number of hydrogen-bond donors (Lipinski definition) is 1. The second kappa shape index (κ2) is 10.2. The monoisotopic (exact) mass is 498 g/mol. The molecule has 1 heterocycles. The van der Waals surface area contributed by atoms with Crippen LogP contribution in [0.2, 0.25) is 10.0 Å². The summed E-state index contributed by atoms with van der Waals surface area (Å²) in [6.07, 6.45) is 1.46. The Morgan fingerprint density at radius 1 is 1.06 bits per heavy atom. The van der Waals surface area contributed by atoms with Crippen LogP contribution in [-0.2, 0) is 19.6 Å². The topological polar surface area (TPSA) is 92.8 Å². The number of sulfonamides is 1. The molecule has 0 saturated carbocycles. The van der Waals surface area contributed by atoms with Crippen molar-refractivity contribution < 1.29 is 22.7 Å². The minimum Gasteiger partial charge on any atom is -0.449 e. The van der Waals surface area contributed by atoms with E-state index in [0.29, 0.717) is 23.7 Å². The predicted octanol–water partition coefficient (Wildman–Crippen LogP) is 4.66. The van der Waals surface area contributed by atoms with E-state index in [0.717, 1.165) is 19.3 Å². The largest absolute Gasteiger partial charge is 0.449 e. The highest BCUT2D eigenvalue weighted by atomic mass is 35.5. The van der Waals surface area contributed by atoms with E-state index in [4.69, 9.17) is 27.9 Å². The molecule has 1 aliphatic heterocycles. The summed E-state index contributed by atoms with van der Waals surface area (Å²) >= 11 is 12.0. The molecule has 1 fully saturated rings. The maximum absolute atomic E-state index is 13.1. The minimum absolute atomic E-state index is 0.0478. The van der Waals surface area contributed by atoms with Crippen molar-refractivity contribution in [1.82, 2.24) is 4.31 Å². The quantitative estimate of drug-likeness (QED) is 0.584. The van der Waals surface area contributed by atoms with Gasteiger partial charge in [0.2, 0.25) is 10.0 Å². The number of amides is 1. The van der Waals surface area contributed by atoms with Crippen molar-refractivity contribution in [3.8, 4) is 0 Å². The highest BCUT2D eigenvalue weighted by Gasteiger charge is 2.29. The van der Waals surface area contributed by atoms with E-state index in [1.165, 1.54) is 35.5 Å². The van der Waals surface area contributed by atoms with Crippen LogP contribution in [0.1, 0.15) is 42.1 Å². The Bertz CT molecular complexity index is 1130. The number of carbonyl (C=O) groups excluding carboxylic acids is 2. The third-order valence-corrected chi connectivity index (χ3v) is 7.80. The lowest BCUT2D eigenvalue weighted by Crippen LogP contribution is -2.36. The van der Waals surface area contributed by atoms with Gasteiger partial charge in [0, 0.05) is 18.1 Å². The SMILES string of the molecule is Cc1ccc(C(=O)O[C@@H](C)C(=O)Nc2cc(Cl)ccc2Cl)cc1S(=O)(=O)N1CCCCC1. The number of benzene rings is 2. The number of nitrogens with zero attached hydrogens (tertiary/aromatic N) is 1. The minimum atomic E-state index is -3.72. The molecule has 1 N–H and O–H groups in total. The fourth-order valence-corrected chi connectivity index (χ4v) is 5.46. The Balaban J connectivity index is 1.74. The highest BCUT2D eigenvalue weighted by Crippen LogP contribution is 2.27. The number of ether oxygens (including phenoxy) is 1. The third-order valence-electron chi connectivity index (χ3n) is 5.20. The van der Waals surface area contributed by atoms with E-state index in [2.05, 4.69) is 5.32 Å². The van der Waals surface area contributed by atoms with E-state index < -0.39 is 28.0 Å². The molecule has 0 unspecified atom stereocenters. The number of anilines is 1. The van der Waals surface area contributed by atoms with E-state index >= 15 is 0 Å². The second-order valence-corrected chi connectivity index (χ2v) is 10.4. The molecule has 10 heteroatoms. The Morgan fingerprint density at radius 2 is 1.75 bits per heavy atom. The molecular weight excluding hydrogens is 475 g/mol. The van der Waals surface area contributed by atoms with Crippen LogP contribution in [0.5, 0.6) is 0 Å². The zero-order valence-corrected chi connectivity index (χ0v) is 20.1. The molecule has 3 rings (SSSR count). The number of rotatable bonds is 6. The first-order valence-electron chi connectivity index (χ1n) is 10.2. The lowest BCUT2D eigenvalue weighted by atomic mass is 10.1. The maximum Gasteiger partial charge on any atom is 0.338 e. The Kier molecular flexibility index (Phi) is 7.82. The van der Waals surface area contributed by atoms with Gasteiger partial charge in [-0.3, -0.25) is 4.79 Å². The van der Waals surface area contributed by atoms with Gasteiger partial charge in [-0.25, -0.2) is 13.2 Å². The summed E-state index contributed by atoms with van der Waals surface area (Å²) in [5.74, 6) is -1.41. The third kappa shape index (κ3) is 5.61. The molecular formula is C22H24Cl2N2O5S. The summed E-state index contributed by atoms with van der Waals surface area (Å²) in [6, 6.07) is 8.94. The summed E-state index contributed by atoms with van der Waals surface area (Å²) < 4.78 is 32.8. The van der Waals surface area contributed by atoms with Gasteiger partial charge >= 0.3 is 5.97 Å². The summed E-state index contributed by atoms with van der Waals surface area (Å²) in [4.78, 5) is 25.1. The van der Waals surface area contributed by atoms with Gasteiger partial charge in [-0.2, -0.15) is 4.31 Å². The molecule has 172 valence electrons. The van der Waals surface area contributed by atoms with Gasteiger partial charge in [0.25, 0.3) is 5.91 Å². The standard InChI is InChI=1S/C22H24Cl2N2O5S/c1-14-6-7-16(12-20(14)32(29,30)26-10-4-3-5-11-26)22(28)31-15(2)21(27)25-19-13-17(23)8-9-18(19)24/h6-9,12-13,15H,3-5,10-11H2,1-2H3,(H,25,27)/t15-/m0/s1. The van der Waals surface area contributed by atoms with Crippen molar-refractivity contribution >= 4 is 50.8 Å². The molecule has 1 aliphatic rings. The summed E-state index contributed by atoms with van der Waals surface area (Å²) in [7, 11) is -3.72. The molecule has 0 spiro atoms. The number of esters is 1. The van der Waals surface area contributed by atoms with Crippen LogP contribution in [0.25, 0.3) is 0 Å². The van der Waals surface area contributed by atoms with Crippen molar-refractivity contribution in [1.29, 1.82) is 0 Å². The molecule has 32 heavy (non-hydrogen) atoms. The lowest BCUT2D eigenvalue weighted by Gasteiger charge is -2.26. The van der Waals surface area contributed by atoms with E-state index in [9.17, 15) is 18.0 Å². The Labute approximate surface area is 197 Å². The van der Waals surface area contributed by atoms with Crippen LogP contribution in [0, 0.1) is 6.92 Å². The molecule has 2 aromatic rings. The molecule has 0 aromatic heterocycles. The van der Waals surface area contributed by atoms with Crippen LogP contribution in [0.3, 0.4) is 0 Å². The second-order valence-electron chi connectivity index (χ2n) is 7.61. The van der Waals surface area contributed by atoms with Crippen LogP contribution in [-0.4, -0.2) is 43.8 Å². The fraction of sp³-hybridized carbons (Fsp3) is 0.364. The van der Waals surface area contributed by atoms with Crippen LogP contribution in [0.15, 0.2) is 41.3 Å². The molecule has 7 nitrogen and oxygen atoms in total. The van der Waals surface area contributed by atoms with E-state index in [-0.39, 0.29) is 21.2 Å². The Morgan fingerprint density at radius 3 is 2.44 bits per heavy atom. The Hall–Kier alpha value is -2.13. The van der Waals surface area contributed by atoms with Gasteiger partial charge in [0.05, 0.1) is 21.2 Å². The van der Waals surface area contributed by atoms with Crippen LogP contribution in [0.4, 0.5) is 5.69 Å². The summed E-state index contributed by atoms with van der Waals surface area (Å²) in [5, 5.41) is 3.23. The fourth-order valence-electron chi connectivity index (χ4n) is 3.36. The van der Waals surface area contributed by atoms with Crippen LogP contribution < -0.4 is 5.32 Å². The van der Waals surface area contributed by atoms with Gasteiger partial charge in [-0.1, -0.05) is 35.7 Å². The smallest absolute Gasteiger partial charge is 0.338 e. The average Bonchev–Trinajstić information content (AvgIpc) is 2.76. The lowest BCUT2D eigenvalue weighted by molar-refractivity contribution is -0.123. The first-order chi connectivity index (χ1) is 15.1. The molecule has 2 aromatic carbocycles. The first kappa shape index (κ1) is 24.5. The first-order valence-corrected chi connectivity index (χ1v) is 12.4. The number of piperidine rings is 1. The predicted molar refractivity (Wildman–Crippen MR) is 124 cm³/mol. The molecule has 0 bridgehead atoms. The van der Waals surface area contributed by atoms with Crippen molar-refractivity contribution in [2.75, 3.05) is 18.4 Å². The normalized spacial score (nSPS) is 15.8. The van der Waals surface area contributed by atoms with Crippen molar-refractivity contribution in [2.24, 2.45) is 0 Å². The molecule has 0 aliphatic carbocycles. The highest BCUT2D eigenvalue weighted by molar-refractivity contribution is 7.89. The number of aryl methyl sites for hydroxylation is 1. The maximum atomic E-state index is 13.1. The van der Waals surface area contributed by atoms with Gasteiger partial charge < -0.3 is 10.1 Å². The summed E-state index contributed by atoms with van der Waals surface area (Å²) in [5.41, 5.74) is 0.873. The number of nitrogens with one attached hydrogen (secondary N) is 1. The molecule has 1 atom stereocenters. The van der Waals surface area contributed by atoms with Gasteiger partial charge in [-0.05, 0) is 62.6 Å². The van der Waals surface area contributed by atoms with Crippen molar-refractivity contribution in [2.45, 2.75) is 44.1 Å². The zero-order chi connectivity index (χ0) is 23.5. The van der Waals surface area contributed by atoms with E-state index in [1.54, 1.807) is 19.1 Å². The molecule has 1 amide bonds. The van der Waals surface area contributed by atoms with Gasteiger partial charge in [0.1, 0.15) is 0 Å². The van der Waals surface area contributed by atoms with Gasteiger partial charge in [0.15, 0.2) is 6.10 Å². The zero-order valence-electron chi connectivity index (χ0n) is 17.7.